The predicted molar refractivity (Wildman–Crippen MR) is 69.2 cm³/mol. The zero-order valence-electron chi connectivity index (χ0n) is 9.53. The summed E-state index contributed by atoms with van der Waals surface area (Å²) >= 11 is 0. The standard InChI is InChI=1S/C14H12N2O/c1-2-12-11-8-7-9-5-3-4-6-10(9)13(11)16-14(17)15-12/h3-8H,2H2,1H3,(H,15,16,17). The van der Waals surface area contributed by atoms with E-state index < -0.39 is 0 Å². The van der Waals surface area contributed by atoms with E-state index >= 15 is 0 Å². The molecule has 1 N–H and O–H groups in total. The minimum atomic E-state index is -0.272. The summed E-state index contributed by atoms with van der Waals surface area (Å²) in [5.41, 5.74) is 1.47. The van der Waals surface area contributed by atoms with Crippen molar-refractivity contribution in [3.8, 4) is 0 Å². The summed E-state index contributed by atoms with van der Waals surface area (Å²) in [6.07, 6.45) is 0.798. The highest BCUT2D eigenvalue weighted by molar-refractivity contribution is 6.05. The second-order valence-corrected chi connectivity index (χ2v) is 4.06. The molecule has 0 fully saturated rings. The van der Waals surface area contributed by atoms with Crippen LogP contribution in [0, 0.1) is 0 Å². The molecule has 0 bridgehead atoms. The summed E-state index contributed by atoms with van der Waals surface area (Å²) in [5, 5.41) is 3.18. The van der Waals surface area contributed by atoms with Gasteiger partial charge < -0.3 is 4.98 Å². The molecule has 0 radical (unpaired) electrons. The molecular weight excluding hydrogens is 212 g/mol. The van der Waals surface area contributed by atoms with Crippen molar-refractivity contribution >= 4 is 21.7 Å². The monoisotopic (exact) mass is 224 g/mol. The van der Waals surface area contributed by atoms with Gasteiger partial charge in [-0.05, 0) is 11.8 Å². The van der Waals surface area contributed by atoms with E-state index in [1.807, 2.05) is 37.3 Å². The van der Waals surface area contributed by atoms with Crippen LogP contribution in [0.4, 0.5) is 0 Å². The van der Waals surface area contributed by atoms with Crippen LogP contribution >= 0.6 is 0 Å². The maximum absolute atomic E-state index is 11.5. The van der Waals surface area contributed by atoms with E-state index in [9.17, 15) is 4.79 Å². The third-order valence-electron chi connectivity index (χ3n) is 3.05. The van der Waals surface area contributed by atoms with Crippen molar-refractivity contribution in [2.45, 2.75) is 13.3 Å². The fourth-order valence-corrected chi connectivity index (χ4v) is 2.22. The average Bonchev–Trinajstić information content (AvgIpc) is 2.37. The van der Waals surface area contributed by atoms with Gasteiger partial charge in [0.15, 0.2) is 0 Å². The molecule has 0 aliphatic carbocycles. The summed E-state index contributed by atoms with van der Waals surface area (Å²) in [4.78, 5) is 18.4. The Balaban J connectivity index is 2.58. The van der Waals surface area contributed by atoms with Crippen molar-refractivity contribution in [3.05, 3.63) is 52.6 Å². The van der Waals surface area contributed by atoms with Crippen molar-refractivity contribution < 1.29 is 0 Å². The molecule has 0 atom stereocenters. The van der Waals surface area contributed by atoms with Gasteiger partial charge in [0, 0.05) is 16.5 Å². The van der Waals surface area contributed by atoms with Crippen LogP contribution < -0.4 is 5.69 Å². The number of nitrogens with one attached hydrogen (secondary N) is 1. The molecule has 0 unspecified atom stereocenters. The minimum Gasteiger partial charge on any atom is -0.309 e. The van der Waals surface area contributed by atoms with Crippen molar-refractivity contribution in [2.24, 2.45) is 0 Å². The van der Waals surface area contributed by atoms with Gasteiger partial charge in [-0.25, -0.2) is 4.79 Å². The number of aryl methyl sites for hydroxylation is 1. The smallest absolute Gasteiger partial charge is 0.309 e. The highest BCUT2D eigenvalue weighted by atomic mass is 16.1. The summed E-state index contributed by atoms with van der Waals surface area (Å²) < 4.78 is 0. The second-order valence-electron chi connectivity index (χ2n) is 4.06. The van der Waals surface area contributed by atoms with Gasteiger partial charge in [0.05, 0.1) is 5.52 Å². The van der Waals surface area contributed by atoms with Crippen molar-refractivity contribution in [1.29, 1.82) is 0 Å². The molecule has 17 heavy (non-hydrogen) atoms. The quantitative estimate of drug-likeness (QED) is 0.646. The number of H-pyrrole nitrogens is 1. The van der Waals surface area contributed by atoms with Crippen LogP contribution in [0.5, 0.6) is 0 Å². The molecule has 0 saturated carbocycles. The number of aromatic amines is 1. The first-order chi connectivity index (χ1) is 8.29. The zero-order chi connectivity index (χ0) is 11.8. The summed E-state index contributed by atoms with van der Waals surface area (Å²) in [6, 6.07) is 12.1. The maximum Gasteiger partial charge on any atom is 0.345 e. The Bertz CT molecular complexity index is 759. The molecule has 1 heterocycles. The third kappa shape index (κ3) is 1.51. The van der Waals surface area contributed by atoms with Gasteiger partial charge in [-0.3, -0.25) is 0 Å². The molecule has 3 rings (SSSR count). The summed E-state index contributed by atoms with van der Waals surface area (Å²) in [5.74, 6) is 0. The molecule has 2 aromatic carbocycles. The number of aromatic nitrogens is 2. The van der Waals surface area contributed by atoms with E-state index in [1.54, 1.807) is 0 Å². The minimum absolute atomic E-state index is 0.272. The van der Waals surface area contributed by atoms with Gasteiger partial charge >= 0.3 is 5.69 Å². The third-order valence-corrected chi connectivity index (χ3v) is 3.05. The van der Waals surface area contributed by atoms with Crippen LogP contribution in [-0.4, -0.2) is 9.97 Å². The summed E-state index contributed by atoms with van der Waals surface area (Å²) in [6.45, 7) is 2.03. The van der Waals surface area contributed by atoms with Crippen LogP contribution in [0.15, 0.2) is 41.2 Å². The Hall–Kier alpha value is -2.16. The fraction of sp³-hybridized carbons (Fsp3) is 0.143. The number of hydrogen-bond acceptors (Lipinski definition) is 2. The molecule has 3 heteroatoms. The lowest BCUT2D eigenvalue weighted by molar-refractivity contribution is 0.991. The number of rotatable bonds is 1. The number of hydrogen-bond donors (Lipinski definition) is 1. The van der Waals surface area contributed by atoms with E-state index in [4.69, 9.17) is 0 Å². The van der Waals surface area contributed by atoms with E-state index in [2.05, 4.69) is 16.0 Å². The molecule has 1 aromatic heterocycles. The molecule has 0 amide bonds. The lowest BCUT2D eigenvalue weighted by Gasteiger charge is -2.06. The first kappa shape index (κ1) is 10.0. The highest BCUT2D eigenvalue weighted by Crippen LogP contribution is 2.24. The van der Waals surface area contributed by atoms with Crippen molar-refractivity contribution in [2.75, 3.05) is 0 Å². The van der Waals surface area contributed by atoms with Gasteiger partial charge in [0.25, 0.3) is 0 Å². The molecule has 3 aromatic rings. The highest BCUT2D eigenvalue weighted by Gasteiger charge is 2.06. The van der Waals surface area contributed by atoms with Crippen LogP contribution in [0.25, 0.3) is 21.7 Å². The zero-order valence-corrected chi connectivity index (χ0v) is 9.53. The van der Waals surface area contributed by atoms with Gasteiger partial charge in [-0.1, -0.05) is 43.3 Å². The lowest BCUT2D eigenvalue weighted by Crippen LogP contribution is -2.12. The first-order valence-corrected chi connectivity index (χ1v) is 5.70. The molecule has 0 spiro atoms. The fourth-order valence-electron chi connectivity index (χ4n) is 2.22. The first-order valence-electron chi connectivity index (χ1n) is 5.70. The van der Waals surface area contributed by atoms with Crippen LogP contribution in [0.3, 0.4) is 0 Å². The maximum atomic E-state index is 11.5. The van der Waals surface area contributed by atoms with Crippen molar-refractivity contribution in [1.82, 2.24) is 9.97 Å². The second kappa shape index (κ2) is 3.70. The Morgan fingerprint density at radius 1 is 1.12 bits per heavy atom. The summed E-state index contributed by atoms with van der Waals surface area (Å²) in [7, 11) is 0. The Morgan fingerprint density at radius 2 is 1.94 bits per heavy atom. The Morgan fingerprint density at radius 3 is 2.76 bits per heavy atom. The van der Waals surface area contributed by atoms with Gasteiger partial charge in [0.2, 0.25) is 0 Å². The molecule has 3 nitrogen and oxygen atoms in total. The Labute approximate surface area is 98.1 Å². The molecule has 0 aliphatic rings. The normalized spacial score (nSPS) is 11.1. The van der Waals surface area contributed by atoms with E-state index in [0.717, 1.165) is 33.8 Å². The molecular formula is C14H12N2O. The van der Waals surface area contributed by atoms with Gasteiger partial charge in [-0.15, -0.1) is 0 Å². The number of benzene rings is 2. The predicted octanol–water partition coefficient (Wildman–Crippen LogP) is 2.64. The lowest BCUT2D eigenvalue weighted by atomic mass is 10.0. The van der Waals surface area contributed by atoms with Crippen LogP contribution in [-0.2, 0) is 6.42 Å². The van der Waals surface area contributed by atoms with E-state index in [-0.39, 0.29) is 5.69 Å². The van der Waals surface area contributed by atoms with Crippen LogP contribution in [0.1, 0.15) is 12.6 Å². The van der Waals surface area contributed by atoms with E-state index in [1.165, 1.54) is 0 Å². The topological polar surface area (TPSA) is 45.8 Å². The number of fused-ring (bicyclic) bond motifs is 3. The SMILES string of the molecule is CCc1[nH]c(=O)nc2c1ccc1ccccc12. The largest absolute Gasteiger partial charge is 0.345 e. The average molecular weight is 224 g/mol. The van der Waals surface area contributed by atoms with Gasteiger partial charge in [0.1, 0.15) is 0 Å². The molecule has 84 valence electrons. The van der Waals surface area contributed by atoms with Crippen molar-refractivity contribution in [3.63, 3.8) is 0 Å². The Kier molecular flexibility index (Phi) is 2.18. The molecule has 0 saturated heterocycles. The van der Waals surface area contributed by atoms with Crippen LogP contribution in [0.2, 0.25) is 0 Å². The molecule has 0 aliphatic heterocycles. The van der Waals surface area contributed by atoms with E-state index in [0.29, 0.717) is 0 Å². The van der Waals surface area contributed by atoms with Gasteiger partial charge in [-0.2, -0.15) is 4.98 Å². The number of nitrogens with zero attached hydrogens (tertiary/aromatic N) is 1.